The molecule has 1 aromatic rings. The number of aromatic nitrogens is 2. The zero-order valence-electron chi connectivity index (χ0n) is 13.2. The van der Waals surface area contributed by atoms with E-state index in [0.29, 0.717) is 0 Å². The molecule has 0 bridgehead atoms. The third-order valence-electron chi connectivity index (χ3n) is 4.42. The third-order valence-corrected chi connectivity index (χ3v) is 5.58. The molecule has 1 heterocycles. The van der Waals surface area contributed by atoms with Crippen LogP contribution < -0.4 is 4.68 Å². The number of hydrogen-bond donors (Lipinski definition) is 0. The van der Waals surface area contributed by atoms with E-state index in [1.54, 1.807) is 0 Å². The van der Waals surface area contributed by atoms with Gasteiger partial charge < -0.3 is 0 Å². The smallest absolute Gasteiger partial charge is 0.0842 e. The molecule has 116 valence electrons. The minimum atomic E-state index is 1.07. The fourth-order valence-electron chi connectivity index (χ4n) is 3.15. The Balaban J connectivity index is 1.80. The summed E-state index contributed by atoms with van der Waals surface area (Å²) in [6.07, 6.45) is 26.5. The normalized spacial score (nSPS) is 20.3. The lowest BCUT2D eigenvalue weighted by atomic mass is 10.1. The Labute approximate surface area is 141 Å². The molecule has 0 aliphatic heterocycles. The van der Waals surface area contributed by atoms with Crippen molar-refractivity contribution < 1.29 is 4.68 Å². The van der Waals surface area contributed by atoms with Gasteiger partial charge in [0.15, 0.2) is 5.01 Å². The zero-order valence-corrected chi connectivity index (χ0v) is 14.1. The maximum atomic E-state index is 5.00. The van der Waals surface area contributed by atoms with Crippen LogP contribution in [-0.4, -0.2) is 5.10 Å². The van der Waals surface area contributed by atoms with Crippen molar-refractivity contribution in [2.75, 3.05) is 0 Å². The first kappa shape index (κ1) is 14.6. The molecule has 0 amide bonds. The van der Waals surface area contributed by atoms with E-state index in [0.717, 1.165) is 38.5 Å². The second kappa shape index (κ2) is 6.63. The van der Waals surface area contributed by atoms with E-state index in [9.17, 15) is 0 Å². The van der Waals surface area contributed by atoms with Crippen LogP contribution in [0.2, 0.25) is 0 Å². The highest BCUT2D eigenvalue weighted by molar-refractivity contribution is 7.13. The van der Waals surface area contributed by atoms with Crippen molar-refractivity contribution in [1.29, 1.82) is 0 Å². The number of allylic oxidation sites excluding steroid dienone is 12. The Hall–Kier alpha value is -2.00. The van der Waals surface area contributed by atoms with Crippen molar-refractivity contribution in [3.05, 3.63) is 64.7 Å². The highest BCUT2D eigenvalue weighted by Gasteiger charge is 2.28. The first-order valence-electron chi connectivity index (χ1n) is 8.43. The van der Waals surface area contributed by atoms with Gasteiger partial charge >= 0.3 is 0 Å². The summed E-state index contributed by atoms with van der Waals surface area (Å²) >= 11 is 1.85. The largest absolute Gasteiger partial charge is 0.299 e. The maximum Gasteiger partial charge on any atom is 0.299 e. The molecular formula is C20H21N2S+. The van der Waals surface area contributed by atoms with Crippen LogP contribution in [0.4, 0.5) is 0 Å². The van der Waals surface area contributed by atoms with Crippen molar-refractivity contribution >= 4 is 28.2 Å². The van der Waals surface area contributed by atoms with Crippen molar-refractivity contribution in [3.63, 3.8) is 0 Å². The Kier molecular flexibility index (Phi) is 4.20. The van der Waals surface area contributed by atoms with Gasteiger partial charge in [0.2, 0.25) is 5.70 Å². The minimum Gasteiger partial charge on any atom is -0.0842 e. The van der Waals surface area contributed by atoms with E-state index < -0.39 is 0 Å². The number of nitrogens with zero attached hydrogens (tertiary/aromatic N) is 2. The van der Waals surface area contributed by atoms with Crippen molar-refractivity contribution in [2.45, 2.75) is 38.5 Å². The van der Waals surface area contributed by atoms with Crippen LogP contribution >= 0.6 is 11.3 Å². The number of hydrogen-bond acceptors (Lipinski definition) is 2. The van der Waals surface area contributed by atoms with Crippen molar-refractivity contribution in [1.82, 2.24) is 5.10 Å². The van der Waals surface area contributed by atoms with Gasteiger partial charge in [0.25, 0.3) is 5.01 Å². The van der Waals surface area contributed by atoms with E-state index in [1.807, 2.05) is 11.3 Å². The third kappa shape index (κ3) is 3.06. The van der Waals surface area contributed by atoms with Gasteiger partial charge in [-0.1, -0.05) is 48.6 Å². The van der Waals surface area contributed by atoms with E-state index >= 15 is 0 Å². The predicted octanol–water partition coefficient (Wildman–Crippen LogP) is 5.09. The molecule has 1 aromatic heterocycles. The van der Waals surface area contributed by atoms with E-state index in [2.05, 4.69) is 59.4 Å². The van der Waals surface area contributed by atoms with E-state index in [1.165, 1.54) is 26.9 Å². The second-order valence-corrected chi connectivity index (χ2v) is 7.04. The van der Waals surface area contributed by atoms with Crippen LogP contribution in [0.3, 0.4) is 0 Å². The van der Waals surface area contributed by atoms with E-state index in [-0.39, 0.29) is 0 Å². The lowest BCUT2D eigenvalue weighted by Gasteiger charge is -2.05. The van der Waals surface area contributed by atoms with Crippen LogP contribution in [-0.2, 0) is 0 Å². The molecule has 3 aliphatic rings. The Morgan fingerprint density at radius 2 is 1.43 bits per heavy atom. The molecule has 0 atom stereocenters. The van der Waals surface area contributed by atoms with E-state index in [4.69, 9.17) is 5.10 Å². The molecule has 0 saturated heterocycles. The summed E-state index contributed by atoms with van der Waals surface area (Å²) in [5.74, 6) is 0. The first-order valence-corrected chi connectivity index (χ1v) is 9.25. The maximum absolute atomic E-state index is 5.00. The molecule has 4 rings (SSSR count). The summed E-state index contributed by atoms with van der Waals surface area (Å²) in [6, 6.07) is 0. The van der Waals surface area contributed by atoms with Gasteiger partial charge in [0.05, 0.1) is 0 Å². The van der Waals surface area contributed by atoms with Crippen LogP contribution in [0.1, 0.15) is 48.5 Å². The molecule has 3 heteroatoms. The van der Waals surface area contributed by atoms with Gasteiger partial charge in [-0.2, -0.15) is 0 Å². The average Bonchev–Trinajstić information content (AvgIpc) is 3.09. The monoisotopic (exact) mass is 321 g/mol. The fraction of sp³-hybridized carbons (Fsp3) is 0.300. The summed E-state index contributed by atoms with van der Waals surface area (Å²) in [4.78, 5) is 0. The lowest BCUT2D eigenvalue weighted by Crippen LogP contribution is -2.38. The molecule has 2 nitrogen and oxygen atoms in total. The standard InChI is InChI=1S/C20H21N2S/c1-4-10-16(11-5-1)19-21-22(18-14-8-3-9-15-18)20(23-19)17-12-6-2-7-13-17/h1-4,6,8,10,12,14H,5,7,9,11,13,15H2/q+1. The van der Waals surface area contributed by atoms with Crippen LogP contribution in [0.5, 0.6) is 0 Å². The zero-order chi connectivity index (χ0) is 15.5. The van der Waals surface area contributed by atoms with Gasteiger partial charge in [-0.3, -0.25) is 0 Å². The summed E-state index contributed by atoms with van der Waals surface area (Å²) in [7, 11) is 0. The molecule has 23 heavy (non-hydrogen) atoms. The molecule has 0 unspecified atom stereocenters. The van der Waals surface area contributed by atoms with Crippen molar-refractivity contribution in [2.24, 2.45) is 0 Å². The van der Waals surface area contributed by atoms with Gasteiger partial charge in [0.1, 0.15) is 0 Å². The Bertz CT molecular complexity index is 735. The summed E-state index contributed by atoms with van der Waals surface area (Å²) in [5.41, 5.74) is 4.10. The minimum absolute atomic E-state index is 1.07. The molecule has 3 aliphatic carbocycles. The number of rotatable bonds is 3. The van der Waals surface area contributed by atoms with Crippen LogP contribution in [0.15, 0.2) is 54.7 Å². The molecule has 0 spiro atoms. The summed E-state index contributed by atoms with van der Waals surface area (Å²) in [6.45, 7) is 0. The molecule has 0 radical (unpaired) electrons. The van der Waals surface area contributed by atoms with Gasteiger partial charge in [-0.15, -0.1) is 0 Å². The molecule has 0 saturated carbocycles. The lowest BCUT2D eigenvalue weighted by molar-refractivity contribution is -0.644. The quantitative estimate of drug-likeness (QED) is 0.709. The second-order valence-electron chi connectivity index (χ2n) is 6.07. The first-order chi connectivity index (χ1) is 11.4. The van der Waals surface area contributed by atoms with Crippen LogP contribution in [0.25, 0.3) is 16.8 Å². The van der Waals surface area contributed by atoms with Gasteiger partial charge in [0, 0.05) is 23.2 Å². The molecular weight excluding hydrogens is 300 g/mol. The Morgan fingerprint density at radius 3 is 2.04 bits per heavy atom. The summed E-state index contributed by atoms with van der Waals surface area (Å²) in [5, 5.41) is 7.48. The summed E-state index contributed by atoms with van der Waals surface area (Å²) < 4.78 is 2.20. The average molecular weight is 321 g/mol. The molecule has 0 N–H and O–H groups in total. The van der Waals surface area contributed by atoms with Crippen LogP contribution in [0, 0.1) is 0 Å². The van der Waals surface area contributed by atoms with Crippen molar-refractivity contribution in [3.8, 4) is 0 Å². The predicted molar refractivity (Wildman–Crippen MR) is 97.7 cm³/mol. The molecule has 0 aromatic carbocycles. The fourth-order valence-corrected chi connectivity index (χ4v) is 4.30. The highest BCUT2D eigenvalue weighted by Crippen LogP contribution is 2.32. The Morgan fingerprint density at radius 1 is 0.783 bits per heavy atom. The van der Waals surface area contributed by atoms with Gasteiger partial charge in [-0.25, -0.2) is 0 Å². The van der Waals surface area contributed by atoms with Gasteiger partial charge in [-0.05, 0) is 53.7 Å². The topological polar surface area (TPSA) is 16.8 Å². The SMILES string of the molecule is C1=CCCC(c2n[n+](C3=CC=CCC3)c(C3=CC=CCC3)s2)=C1. The molecule has 0 fully saturated rings. The highest BCUT2D eigenvalue weighted by atomic mass is 32.1.